The van der Waals surface area contributed by atoms with Crippen molar-refractivity contribution < 1.29 is 17.0 Å². The van der Waals surface area contributed by atoms with Crippen LogP contribution in [0, 0.1) is 0 Å². The van der Waals surface area contributed by atoms with Gasteiger partial charge in [0, 0.05) is 18.6 Å². The van der Waals surface area contributed by atoms with E-state index in [0.29, 0.717) is 18.1 Å². The minimum absolute atomic E-state index is 0.0398. The van der Waals surface area contributed by atoms with Gasteiger partial charge in [0.25, 0.3) is 5.56 Å². The first-order valence-electron chi connectivity index (χ1n) is 8.54. The molecule has 1 aromatic carbocycles. The van der Waals surface area contributed by atoms with Crippen LogP contribution in [-0.2, 0) is 16.6 Å². The van der Waals surface area contributed by atoms with Crippen molar-refractivity contribution in [2.45, 2.75) is 63.4 Å². The molecule has 5 nitrogen and oxygen atoms in total. The molecule has 28 heavy (non-hydrogen) atoms. The second-order valence-corrected chi connectivity index (χ2v) is 14.0. The van der Waals surface area contributed by atoms with Gasteiger partial charge < -0.3 is 3.87 Å². The van der Waals surface area contributed by atoms with E-state index in [1.165, 1.54) is 4.57 Å². The van der Waals surface area contributed by atoms with Crippen molar-refractivity contribution in [2.75, 3.05) is 0 Å². The third-order valence-electron chi connectivity index (χ3n) is 4.94. The third-order valence-corrected chi connectivity index (χ3v) is 11.6. The molecule has 1 aromatic heterocycles. The monoisotopic (exact) mass is 454 g/mol. The summed E-state index contributed by atoms with van der Waals surface area (Å²) in [6.07, 6.45) is -4.77. The second kappa shape index (κ2) is 7.55. The first-order chi connectivity index (χ1) is 12.6. The van der Waals surface area contributed by atoms with Crippen molar-refractivity contribution >= 4 is 42.9 Å². The number of rotatable bonds is 4. The van der Waals surface area contributed by atoms with Gasteiger partial charge in [0.1, 0.15) is 0 Å². The van der Waals surface area contributed by atoms with E-state index in [1.54, 1.807) is 6.92 Å². The maximum atomic E-state index is 13.5. The lowest BCUT2D eigenvalue weighted by molar-refractivity contribution is -0.137. The fourth-order valence-corrected chi connectivity index (χ4v) is 5.25. The lowest BCUT2D eigenvalue weighted by Gasteiger charge is -2.35. The Balaban J connectivity index is 2.86. The highest BCUT2D eigenvalue weighted by Crippen LogP contribution is 2.46. The summed E-state index contributed by atoms with van der Waals surface area (Å²) in [7, 11) is -2.37. The molecule has 0 saturated heterocycles. The van der Waals surface area contributed by atoms with Crippen LogP contribution < -0.4 is 11.2 Å². The molecule has 0 unspecified atom stereocenters. The zero-order valence-electron chi connectivity index (χ0n) is 16.4. The highest BCUT2D eigenvalue weighted by molar-refractivity contribution is 7.96. The Kier molecular flexibility index (Phi) is 6.21. The van der Waals surface area contributed by atoms with Gasteiger partial charge in [-0.2, -0.15) is 13.2 Å². The molecule has 1 N–H and O–H groups in total. The summed E-state index contributed by atoms with van der Waals surface area (Å²) in [5, 5.41) is -1.05. The topological polar surface area (TPSA) is 64.1 Å². The number of nitrogens with zero attached hydrogens (tertiary/aromatic N) is 1. The lowest BCUT2D eigenvalue weighted by atomic mass is 10.1. The van der Waals surface area contributed by atoms with Gasteiger partial charge in [0.2, 0.25) is 8.32 Å². The van der Waals surface area contributed by atoms with Gasteiger partial charge in [0.15, 0.2) is 0 Å². The summed E-state index contributed by atoms with van der Waals surface area (Å²) in [5.41, 5.74) is -2.72. The smallest absolute Gasteiger partial charge is 0.353 e. The zero-order chi connectivity index (χ0) is 21.7. The Hall–Kier alpha value is -1.23. The SMILES string of the molecule is CCn1c(=O)[nH]c(=O)c2cc(C(F)(F)F)c(Cl)c(SO[Si](C)(C)C(C)(C)C)c21. The van der Waals surface area contributed by atoms with E-state index < -0.39 is 36.3 Å². The molecule has 0 aliphatic carbocycles. The van der Waals surface area contributed by atoms with Crippen molar-refractivity contribution in [1.82, 2.24) is 9.55 Å². The average Bonchev–Trinajstić information content (AvgIpc) is 2.51. The highest BCUT2D eigenvalue weighted by atomic mass is 35.5. The number of benzene rings is 1. The molecule has 1 heterocycles. The van der Waals surface area contributed by atoms with E-state index in [-0.39, 0.29) is 27.4 Å². The van der Waals surface area contributed by atoms with Crippen LogP contribution in [0.15, 0.2) is 20.6 Å². The van der Waals surface area contributed by atoms with Crippen molar-refractivity contribution in [2.24, 2.45) is 0 Å². The summed E-state index contributed by atoms with van der Waals surface area (Å²) < 4.78 is 47.7. The molecular formula is C17H22ClF3N2O3SSi. The van der Waals surface area contributed by atoms with E-state index in [9.17, 15) is 22.8 Å². The summed E-state index contributed by atoms with van der Waals surface area (Å²) >= 11 is 6.82. The van der Waals surface area contributed by atoms with Crippen LogP contribution in [0.3, 0.4) is 0 Å². The van der Waals surface area contributed by atoms with E-state index >= 15 is 0 Å². The number of hydrogen-bond donors (Lipinski definition) is 1. The Morgan fingerprint density at radius 2 is 1.82 bits per heavy atom. The number of halogens is 4. The Bertz CT molecular complexity index is 1030. The molecule has 2 aromatic rings. The number of fused-ring (bicyclic) bond motifs is 1. The van der Waals surface area contributed by atoms with E-state index in [4.69, 9.17) is 15.5 Å². The van der Waals surface area contributed by atoms with Crippen molar-refractivity contribution in [3.63, 3.8) is 0 Å². The number of aromatic nitrogens is 2. The predicted molar refractivity (Wildman–Crippen MR) is 109 cm³/mol. The summed E-state index contributed by atoms with van der Waals surface area (Å²) in [4.78, 5) is 26.4. The van der Waals surface area contributed by atoms with Crippen LogP contribution in [-0.4, -0.2) is 17.9 Å². The molecule has 0 atom stereocenters. The number of H-pyrrole nitrogens is 1. The fourth-order valence-electron chi connectivity index (χ4n) is 2.25. The van der Waals surface area contributed by atoms with Gasteiger partial charge in [-0.3, -0.25) is 14.3 Å². The highest BCUT2D eigenvalue weighted by Gasteiger charge is 2.40. The van der Waals surface area contributed by atoms with Crippen molar-refractivity contribution in [1.29, 1.82) is 0 Å². The molecule has 0 fully saturated rings. The van der Waals surface area contributed by atoms with Gasteiger partial charge in [-0.25, -0.2) is 4.79 Å². The quantitative estimate of drug-likeness (QED) is 0.495. The number of aromatic amines is 1. The average molecular weight is 455 g/mol. The first kappa shape index (κ1) is 23.0. The Morgan fingerprint density at radius 3 is 2.29 bits per heavy atom. The molecule has 0 saturated carbocycles. The minimum Gasteiger partial charge on any atom is -0.353 e. The minimum atomic E-state index is -4.77. The predicted octanol–water partition coefficient (Wildman–Crippen LogP) is 5.41. The maximum absolute atomic E-state index is 13.5. The molecule has 0 bridgehead atoms. The second-order valence-electron chi connectivity index (χ2n) is 7.89. The number of nitrogens with one attached hydrogen (secondary N) is 1. The van der Waals surface area contributed by atoms with Gasteiger partial charge in [-0.1, -0.05) is 32.4 Å². The maximum Gasteiger partial charge on any atom is 0.417 e. The number of hydrogen-bond acceptors (Lipinski definition) is 4. The van der Waals surface area contributed by atoms with Crippen LogP contribution >= 0.6 is 23.6 Å². The fraction of sp³-hybridized carbons (Fsp3) is 0.529. The van der Waals surface area contributed by atoms with Crippen LogP contribution in [0.4, 0.5) is 13.2 Å². The third kappa shape index (κ3) is 4.19. The normalized spacial score (nSPS) is 13.4. The van der Waals surface area contributed by atoms with Gasteiger partial charge in [0.05, 0.1) is 26.4 Å². The van der Waals surface area contributed by atoms with Crippen molar-refractivity contribution in [3.05, 3.63) is 37.5 Å². The van der Waals surface area contributed by atoms with Crippen LogP contribution in [0.5, 0.6) is 0 Å². The molecule has 2 rings (SSSR count). The molecular weight excluding hydrogens is 433 g/mol. The number of aryl methyl sites for hydroxylation is 1. The molecule has 0 amide bonds. The first-order valence-corrected chi connectivity index (χ1v) is 12.6. The molecule has 156 valence electrons. The largest absolute Gasteiger partial charge is 0.417 e. The summed E-state index contributed by atoms with van der Waals surface area (Å²) in [6.45, 7) is 11.6. The van der Waals surface area contributed by atoms with Gasteiger partial charge >= 0.3 is 11.9 Å². The van der Waals surface area contributed by atoms with E-state index in [0.717, 1.165) is 0 Å². The summed E-state index contributed by atoms with van der Waals surface area (Å²) in [6, 6.07) is 0.679. The molecule has 0 aliphatic heterocycles. The number of alkyl halides is 3. The van der Waals surface area contributed by atoms with E-state index in [2.05, 4.69) is 4.98 Å². The summed E-state index contributed by atoms with van der Waals surface area (Å²) in [5.74, 6) is 0. The molecule has 0 radical (unpaired) electrons. The van der Waals surface area contributed by atoms with Crippen LogP contribution in [0.2, 0.25) is 23.2 Å². The van der Waals surface area contributed by atoms with Gasteiger partial charge in [-0.05, 0) is 31.1 Å². The van der Waals surface area contributed by atoms with E-state index in [1.807, 2.05) is 33.9 Å². The zero-order valence-corrected chi connectivity index (χ0v) is 18.9. The molecule has 0 spiro atoms. The van der Waals surface area contributed by atoms with Crippen LogP contribution in [0.1, 0.15) is 33.3 Å². The Morgan fingerprint density at radius 1 is 1.25 bits per heavy atom. The molecule has 11 heteroatoms. The molecule has 0 aliphatic rings. The van der Waals surface area contributed by atoms with Gasteiger partial charge in [-0.15, -0.1) is 0 Å². The van der Waals surface area contributed by atoms with Crippen LogP contribution in [0.25, 0.3) is 10.9 Å². The van der Waals surface area contributed by atoms with Crippen molar-refractivity contribution in [3.8, 4) is 0 Å². The Labute approximate surface area is 170 Å². The lowest BCUT2D eigenvalue weighted by Crippen LogP contribution is -2.38. The standard InChI is InChI=1S/C17H22ClF3N2O3SSi/c1-7-23-12-9(14(24)22-15(23)25)8-10(17(19,20)21)11(18)13(12)27-26-28(5,6)16(2,3)4/h8H,7H2,1-6H3,(H,22,24,25).